The summed E-state index contributed by atoms with van der Waals surface area (Å²) in [5.74, 6) is 1.26. The lowest BCUT2D eigenvalue weighted by molar-refractivity contribution is -0.117. The maximum absolute atomic E-state index is 12.5. The molecule has 0 radical (unpaired) electrons. The zero-order valence-corrected chi connectivity index (χ0v) is 15.6. The number of rotatable bonds is 5. The van der Waals surface area contributed by atoms with Crippen molar-refractivity contribution in [2.75, 3.05) is 36.5 Å². The molecule has 2 aliphatic rings. The van der Waals surface area contributed by atoms with E-state index in [1.54, 1.807) is 35.4 Å². The van der Waals surface area contributed by atoms with Crippen LogP contribution in [0, 0.1) is 5.92 Å². The highest BCUT2D eigenvalue weighted by Gasteiger charge is 2.28. The van der Waals surface area contributed by atoms with E-state index in [1.165, 1.54) is 0 Å². The van der Waals surface area contributed by atoms with E-state index in [0.717, 1.165) is 38.0 Å². The molecule has 0 unspecified atom stereocenters. The highest BCUT2D eigenvalue weighted by Crippen LogP contribution is 2.30. The Kier molecular flexibility index (Phi) is 5.21. The van der Waals surface area contributed by atoms with Crippen LogP contribution in [0.25, 0.3) is 11.3 Å². The topological polar surface area (TPSA) is 110 Å². The molecule has 1 aromatic carbocycles. The smallest absolute Gasteiger partial charge is 0.248 e. The van der Waals surface area contributed by atoms with E-state index >= 15 is 0 Å². The van der Waals surface area contributed by atoms with Gasteiger partial charge in [-0.05, 0) is 37.3 Å². The van der Waals surface area contributed by atoms with Crippen molar-refractivity contribution in [1.82, 2.24) is 9.97 Å². The van der Waals surface area contributed by atoms with Crippen LogP contribution in [0.1, 0.15) is 31.0 Å². The molecule has 0 saturated carbocycles. The number of fused-ring (bicyclic) bond motifs is 1. The molecule has 148 valence electrons. The van der Waals surface area contributed by atoms with E-state index in [1.807, 2.05) is 0 Å². The van der Waals surface area contributed by atoms with Crippen molar-refractivity contribution in [1.29, 1.82) is 0 Å². The zero-order chi connectivity index (χ0) is 19.5. The number of benzene rings is 1. The van der Waals surface area contributed by atoms with Gasteiger partial charge in [0.05, 0.1) is 18.4 Å². The summed E-state index contributed by atoms with van der Waals surface area (Å²) >= 11 is 0. The number of nitrogens with two attached hydrogens (primary N) is 1. The molecular weight excluding hydrogens is 358 g/mol. The SMILES string of the molecule is NC(=O)c1ccc(-c2cnc3c(n2)N(CCC2CCOCC2)C(=O)CN3)cc1.[HH]. The molecule has 2 aromatic rings. The Bertz CT molecular complexity index is 884. The van der Waals surface area contributed by atoms with Crippen molar-refractivity contribution in [2.24, 2.45) is 11.7 Å². The van der Waals surface area contributed by atoms with Crippen LogP contribution in [0.4, 0.5) is 11.6 Å². The number of aromatic nitrogens is 2. The van der Waals surface area contributed by atoms with Crippen LogP contribution in [0.2, 0.25) is 0 Å². The third-order valence-corrected chi connectivity index (χ3v) is 5.28. The van der Waals surface area contributed by atoms with Crippen LogP contribution in [0.15, 0.2) is 30.5 Å². The zero-order valence-electron chi connectivity index (χ0n) is 15.6. The van der Waals surface area contributed by atoms with Gasteiger partial charge in [0.2, 0.25) is 11.8 Å². The van der Waals surface area contributed by atoms with Crippen molar-refractivity contribution < 1.29 is 15.8 Å². The fraction of sp³-hybridized carbons (Fsp3) is 0.400. The molecule has 2 aliphatic heterocycles. The minimum atomic E-state index is -0.475. The molecule has 8 nitrogen and oxygen atoms in total. The fourth-order valence-electron chi connectivity index (χ4n) is 3.59. The van der Waals surface area contributed by atoms with Crippen molar-refractivity contribution in [3.05, 3.63) is 36.0 Å². The lowest BCUT2D eigenvalue weighted by Crippen LogP contribution is -2.42. The molecule has 0 bridgehead atoms. The highest BCUT2D eigenvalue weighted by molar-refractivity contribution is 6.01. The van der Waals surface area contributed by atoms with E-state index in [4.69, 9.17) is 15.5 Å². The van der Waals surface area contributed by atoms with Crippen LogP contribution in [0.5, 0.6) is 0 Å². The summed E-state index contributed by atoms with van der Waals surface area (Å²) in [6.45, 7) is 2.43. The lowest BCUT2D eigenvalue weighted by atomic mass is 9.96. The molecule has 4 rings (SSSR count). The number of ether oxygens (including phenoxy) is 1. The van der Waals surface area contributed by atoms with E-state index in [0.29, 0.717) is 35.4 Å². The molecule has 1 aromatic heterocycles. The predicted octanol–water partition coefficient (Wildman–Crippen LogP) is 2.06. The van der Waals surface area contributed by atoms with Crippen LogP contribution in [-0.4, -0.2) is 48.1 Å². The fourth-order valence-corrected chi connectivity index (χ4v) is 3.59. The minimum Gasteiger partial charge on any atom is -0.381 e. The first-order valence-corrected chi connectivity index (χ1v) is 9.51. The molecule has 8 heteroatoms. The molecule has 2 amide bonds. The van der Waals surface area contributed by atoms with E-state index in [-0.39, 0.29) is 13.9 Å². The third-order valence-electron chi connectivity index (χ3n) is 5.28. The molecule has 3 N–H and O–H groups in total. The largest absolute Gasteiger partial charge is 0.381 e. The van der Waals surface area contributed by atoms with Gasteiger partial charge in [0.25, 0.3) is 0 Å². The monoisotopic (exact) mass is 383 g/mol. The quantitative estimate of drug-likeness (QED) is 0.818. The molecule has 0 atom stereocenters. The van der Waals surface area contributed by atoms with Gasteiger partial charge in [-0.1, -0.05) is 12.1 Å². The minimum absolute atomic E-state index is 0. The first-order valence-electron chi connectivity index (χ1n) is 9.51. The van der Waals surface area contributed by atoms with E-state index in [9.17, 15) is 9.59 Å². The Hall–Kier alpha value is -3.00. The maximum Gasteiger partial charge on any atom is 0.248 e. The van der Waals surface area contributed by atoms with Crippen LogP contribution in [0.3, 0.4) is 0 Å². The van der Waals surface area contributed by atoms with Crippen LogP contribution < -0.4 is 16.0 Å². The Morgan fingerprint density at radius 1 is 1.29 bits per heavy atom. The summed E-state index contributed by atoms with van der Waals surface area (Å²) in [5.41, 5.74) is 7.18. The second-order valence-corrected chi connectivity index (χ2v) is 7.11. The summed E-state index contributed by atoms with van der Waals surface area (Å²) in [6.07, 6.45) is 4.65. The summed E-state index contributed by atoms with van der Waals surface area (Å²) in [4.78, 5) is 34.7. The highest BCUT2D eigenvalue weighted by atomic mass is 16.5. The second kappa shape index (κ2) is 7.93. The first-order chi connectivity index (χ1) is 13.6. The number of amides is 2. The lowest BCUT2D eigenvalue weighted by Gasteiger charge is -2.30. The standard InChI is InChI=1S/C20H23N5O3.H2/c21-18(27)15-3-1-14(2-4-15)16-11-22-19-20(24-16)25(17(26)12-23-19)8-5-13-6-9-28-10-7-13;/h1-4,11,13H,5-10,12H2,(H2,21,27)(H,22,23);1H. The number of primary amides is 1. The number of nitrogens with one attached hydrogen (secondary N) is 1. The molecule has 3 heterocycles. The van der Waals surface area contributed by atoms with Crippen molar-refractivity contribution in [3.8, 4) is 11.3 Å². The van der Waals surface area contributed by atoms with Gasteiger partial charge in [0, 0.05) is 32.3 Å². The molecule has 28 heavy (non-hydrogen) atoms. The summed E-state index contributed by atoms with van der Waals surface area (Å²) in [7, 11) is 0. The number of carbonyl (C=O) groups is 2. The second-order valence-electron chi connectivity index (χ2n) is 7.11. The van der Waals surface area contributed by atoms with E-state index < -0.39 is 5.91 Å². The summed E-state index contributed by atoms with van der Waals surface area (Å²) in [5, 5.41) is 3.04. The summed E-state index contributed by atoms with van der Waals surface area (Å²) in [6, 6.07) is 6.87. The Morgan fingerprint density at radius 2 is 2.04 bits per heavy atom. The van der Waals surface area contributed by atoms with Gasteiger partial charge < -0.3 is 15.8 Å². The van der Waals surface area contributed by atoms with Crippen LogP contribution in [-0.2, 0) is 9.53 Å². The molecule has 0 aliphatic carbocycles. The maximum atomic E-state index is 12.5. The molecule has 1 saturated heterocycles. The van der Waals surface area contributed by atoms with Gasteiger partial charge in [0.15, 0.2) is 11.6 Å². The van der Waals surface area contributed by atoms with Gasteiger partial charge in [0.1, 0.15) is 0 Å². The number of hydrogen-bond donors (Lipinski definition) is 2. The number of carbonyl (C=O) groups excluding carboxylic acids is 2. The average molecular weight is 383 g/mol. The number of anilines is 2. The number of hydrogen-bond acceptors (Lipinski definition) is 6. The number of nitrogens with zero attached hydrogens (tertiary/aromatic N) is 3. The summed E-state index contributed by atoms with van der Waals surface area (Å²) < 4.78 is 5.41. The van der Waals surface area contributed by atoms with Gasteiger partial charge in [-0.25, -0.2) is 9.97 Å². The Labute approximate surface area is 164 Å². The van der Waals surface area contributed by atoms with Crippen molar-refractivity contribution in [3.63, 3.8) is 0 Å². The van der Waals surface area contributed by atoms with Crippen molar-refractivity contribution in [2.45, 2.75) is 19.3 Å². The normalized spacial score (nSPS) is 17.1. The molecular formula is C20H25N5O3. The van der Waals surface area contributed by atoms with Gasteiger partial charge in [-0.3, -0.25) is 14.5 Å². The van der Waals surface area contributed by atoms with E-state index in [2.05, 4.69) is 10.3 Å². The van der Waals surface area contributed by atoms with Crippen LogP contribution >= 0.6 is 0 Å². The van der Waals surface area contributed by atoms with Crippen molar-refractivity contribution >= 4 is 23.5 Å². The average Bonchev–Trinajstić information content (AvgIpc) is 2.73. The predicted molar refractivity (Wildman–Crippen MR) is 107 cm³/mol. The Balaban J connectivity index is 0.00000240. The Morgan fingerprint density at radius 3 is 2.75 bits per heavy atom. The van der Waals surface area contributed by atoms with Gasteiger partial charge >= 0.3 is 0 Å². The first kappa shape index (κ1) is 18.4. The van der Waals surface area contributed by atoms with Gasteiger partial charge in [-0.2, -0.15) is 0 Å². The van der Waals surface area contributed by atoms with Gasteiger partial charge in [-0.15, -0.1) is 0 Å². The molecule has 1 fully saturated rings. The molecule has 0 spiro atoms. The third kappa shape index (κ3) is 3.82.